The van der Waals surface area contributed by atoms with Crippen LogP contribution in [0.3, 0.4) is 0 Å². The number of hydrogen-bond donors (Lipinski definition) is 1. The van der Waals surface area contributed by atoms with Crippen molar-refractivity contribution in [3.63, 3.8) is 0 Å². The summed E-state index contributed by atoms with van der Waals surface area (Å²) in [5.74, 6) is 1.75. The lowest BCUT2D eigenvalue weighted by Gasteiger charge is -2.29. The van der Waals surface area contributed by atoms with Gasteiger partial charge in [-0.15, -0.1) is 0 Å². The van der Waals surface area contributed by atoms with Crippen molar-refractivity contribution in [1.82, 2.24) is 10.2 Å². The Kier molecular flexibility index (Phi) is 4.43. The minimum absolute atomic E-state index is 0.815. The molecule has 2 aliphatic heterocycles. The summed E-state index contributed by atoms with van der Waals surface area (Å²) < 4.78 is 5.22. The van der Waals surface area contributed by atoms with Crippen molar-refractivity contribution in [2.75, 3.05) is 57.8 Å². The van der Waals surface area contributed by atoms with Gasteiger partial charge in [0.1, 0.15) is 5.75 Å². The molecule has 0 amide bonds. The standard InChI is InChI=1S/C16H25N3O/c1-20-16-4-2-15(3-5-16)19-9-6-14(13-19)12-18-10-7-17-8-11-18/h2-5,14,17H,6-13H2,1H3. The van der Waals surface area contributed by atoms with Crippen LogP contribution in [0.5, 0.6) is 5.75 Å². The first-order valence-corrected chi connectivity index (χ1v) is 7.67. The second-order valence-corrected chi connectivity index (χ2v) is 5.85. The van der Waals surface area contributed by atoms with E-state index in [9.17, 15) is 0 Å². The molecule has 2 aliphatic rings. The molecule has 2 heterocycles. The van der Waals surface area contributed by atoms with Crippen LogP contribution in [-0.2, 0) is 0 Å². The third kappa shape index (κ3) is 3.25. The average Bonchev–Trinajstić information content (AvgIpc) is 2.97. The summed E-state index contributed by atoms with van der Waals surface area (Å²) in [5.41, 5.74) is 1.33. The number of hydrogen-bond acceptors (Lipinski definition) is 4. The van der Waals surface area contributed by atoms with Gasteiger partial charge in [0.15, 0.2) is 0 Å². The van der Waals surface area contributed by atoms with Crippen molar-refractivity contribution in [3.05, 3.63) is 24.3 Å². The number of piperazine rings is 1. The molecular formula is C16H25N3O. The van der Waals surface area contributed by atoms with E-state index in [1.807, 2.05) is 0 Å². The van der Waals surface area contributed by atoms with Crippen molar-refractivity contribution >= 4 is 5.69 Å². The van der Waals surface area contributed by atoms with Crippen LogP contribution in [0.4, 0.5) is 5.69 Å². The number of methoxy groups -OCH3 is 1. The van der Waals surface area contributed by atoms with Crippen molar-refractivity contribution in [2.45, 2.75) is 6.42 Å². The molecule has 4 heteroatoms. The minimum atomic E-state index is 0.815. The third-order valence-electron chi connectivity index (χ3n) is 4.45. The predicted molar refractivity (Wildman–Crippen MR) is 82.6 cm³/mol. The molecule has 1 aromatic rings. The van der Waals surface area contributed by atoms with Gasteiger partial charge in [-0.25, -0.2) is 0 Å². The molecule has 1 N–H and O–H groups in total. The molecular weight excluding hydrogens is 250 g/mol. The minimum Gasteiger partial charge on any atom is -0.497 e. The lowest BCUT2D eigenvalue weighted by molar-refractivity contribution is 0.212. The Balaban J connectivity index is 1.52. The summed E-state index contributed by atoms with van der Waals surface area (Å²) >= 11 is 0. The third-order valence-corrected chi connectivity index (χ3v) is 4.45. The van der Waals surface area contributed by atoms with Crippen molar-refractivity contribution < 1.29 is 4.74 Å². The monoisotopic (exact) mass is 275 g/mol. The van der Waals surface area contributed by atoms with Gasteiger partial charge in [0, 0.05) is 51.5 Å². The fourth-order valence-electron chi connectivity index (χ4n) is 3.27. The van der Waals surface area contributed by atoms with E-state index in [0.29, 0.717) is 0 Å². The average molecular weight is 275 g/mol. The molecule has 20 heavy (non-hydrogen) atoms. The highest BCUT2D eigenvalue weighted by Crippen LogP contribution is 2.26. The van der Waals surface area contributed by atoms with E-state index < -0.39 is 0 Å². The van der Waals surface area contributed by atoms with Gasteiger partial charge < -0.3 is 19.9 Å². The molecule has 1 atom stereocenters. The molecule has 1 unspecified atom stereocenters. The van der Waals surface area contributed by atoms with Crippen LogP contribution >= 0.6 is 0 Å². The summed E-state index contributed by atoms with van der Waals surface area (Å²) in [6.07, 6.45) is 1.32. The Morgan fingerprint density at radius 2 is 1.90 bits per heavy atom. The van der Waals surface area contributed by atoms with Crippen LogP contribution in [-0.4, -0.2) is 57.8 Å². The second kappa shape index (κ2) is 6.46. The lowest BCUT2D eigenvalue weighted by Crippen LogP contribution is -2.45. The molecule has 0 aromatic heterocycles. The van der Waals surface area contributed by atoms with E-state index in [1.165, 1.54) is 44.8 Å². The maximum absolute atomic E-state index is 5.22. The predicted octanol–water partition coefficient (Wildman–Crippen LogP) is 1.43. The van der Waals surface area contributed by atoms with Crippen LogP contribution in [0.2, 0.25) is 0 Å². The van der Waals surface area contributed by atoms with Gasteiger partial charge in [0.25, 0.3) is 0 Å². The number of anilines is 1. The number of nitrogens with zero attached hydrogens (tertiary/aromatic N) is 2. The highest BCUT2D eigenvalue weighted by atomic mass is 16.5. The fourth-order valence-corrected chi connectivity index (χ4v) is 3.27. The maximum atomic E-state index is 5.22. The lowest BCUT2D eigenvalue weighted by atomic mass is 10.1. The maximum Gasteiger partial charge on any atom is 0.119 e. The molecule has 2 fully saturated rings. The smallest absolute Gasteiger partial charge is 0.119 e. The molecule has 0 spiro atoms. The summed E-state index contributed by atoms with van der Waals surface area (Å²) in [4.78, 5) is 5.12. The van der Waals surface area contributed by atoms with Gasteiger partial charge in [-0.1, -0.05) is 0 Å². The molecule has 0 bridgehead atoms. The van der Waals surface area contributed by atoms with Gasteiger partial charge in [-0.2, -0.15) is 0 Å². The van der Waals surface area contributed by atoms with Crippen LogP contribution in [0.1, 0.15) is 6.42 Å². The van der Waals surface area contributed by atoms with Crippen LogP contribution in [0.25, 0.3) is 0 Å². The summed E-state index contributed by atoms with van der Waals surface area (Å²) in [7, 11) is 1.72. The Morgan fingerprint density at radius 1 is 1.15 bits per heavy atom. The van der Waals surface area contributed by atoms with Crippen LogP contribution in [0.15, 0.2) is 24.3 Å². The van der Waals surface area contributed by atoms with Gasteiger partial charge in [-0.3, -0.25) is 0 Å². The number of ether oxygens (including phenoxy) is 1. The van der Waals surface area contributed by atoms with Gasteiger partial charge in [0.2, 0.25) is 0 Å². The normalized spacial score (nSPS) is 24.1. The number of nitrogens with one attached hydrogen (secondary N) is 1. The van der Waals surface area contributed by atoms with Crippen molar-refractivity contribution in [1.29, 1.82) is 0 Å². The highest BCUT2D eigenvalue weighted by Gasteiger charge is 2.25. The highest BCUT2D eigenvalue weighted by molar-refractivity contribution is 5.49. The molecule has 3 rings (SSSR count). The molecule has 0 saturated carbocycles. The van der Waals surface area contributed by atoms with Crippen molar-refractivity contribution in [2.24, 2.45) is 5.92 Å². The molecule has 2 saturated heterocycles. The first-order chi connectivity index (χ1) is 9.85. The van der Waals surface area contributed by atoms with E-state index in [2.05, 4.69) is 39.4 Å². The van der Waals surface area contributed by atoms with Crippen molar-refractivity contribution in [3.8, 4) is 5.75 Å². The first-order valence-electron chi connectivity index (χ1n) is 7.67. The van der Waals surface area contributed by atoms with E-state index >= 15 is 0 Å². The second-order valence-electron chi connectivity index (χ2n) is 5.85. The topological polar surface area (TPSA) is 27.7 Å². The quantitative estimate of drug-likeness (QED) is 0.899. The Bertz CT molecular complexity index is 414. The molecule has 1 aromatic carbocycles. The van der Waals surface area contributed by atoms with E-state index in [4.69, 9.17) is 4.74 Å². The van der Waals surface area contributed by atoms with E-state index in [0.717, 1.165) is 24.8 Å². The van der Waals surface area contributed by atoms with Crippen LogP contribution < -0.4 is 15.0 Å². The molecule has 110 valence electrons. The summed E-state index contributed by atoms with van der Waals surface area (Å²) in [6.45, 7) is 8.34. The van der Waals surface area contributed by atoms with Crippen LogP contribution in [0, 0.1) is 5.92 Å². The Morgan fingerprint density at radius 3 is 2.60 bits per heavy atom. The molecule has 0 aliphatic carbocycles. The largest absolute Gasteiger partial charge is 0.497 e. The van der Waals surface area contributed by atoms with E-state index in [-0.39, 0.29) is 0 Å². The Hall–Kier alpha value is -1.26. The van der Waals surface area contributed by atoms with Gasteiger partial charge in [0.05, 0.1) is 7.11 Å². The van der Waals surface area contributed by atoms with Gasteiger partial charge >= 0.3 is 0 Å². The zero-order valence-corrected chi connectivity index (χ0v) is 12.3. The van der Waals surface area contributed by atoms with Gasteiger partial charge in [-0.05, 0) is 36.6 Å². The molecule has 0 radical (unpaired) electrons. The first kappa shape index (κ1) is 13.7. The molecule has 4 nitrogen and oxygen atoms in total. The van der Waals surface area contributed by atoms with E-state index in [1.54, 1.807) is 7.11 Å². The number of rotatable bonds is 4. The Labute approximate surface area is 121 Å². The summed E-state index contributed by atoms with van der Waals surface area (Å²) in [6, 6.07) is 8.45. The SMILES string of the molecule is COc1ccc(N2CCC(CN3CCNCC3)C2)cc1. The summed E-state index contributed by atoms with van der Waals surface area (Å²) in [5, 5.41) is 3.42. The zero-order valence-electron chi connectivity index (χ0n) is 12.3. The number of benzene rings is 1. The zero-order chi connectivity index (χ0) is 13.8. The fraction of sp³-hybridized carbons (Fsp3) is 0.625.